The Morgan fingerprint density at radius 2 is 1.83 bits per heavy atom. The fourth-order valence-corrected chi connectivity index (χ4v) is 2.97. The molecule has 0 radical (unpaired) electrons. The molecule has 24 heavy (non-hydrogen) atoms. The minimum absolute atomic E-state index is 0.0923. The molecule has 3 rings (SSSR count). The Morgan fingerprint density at radius 1 is 1.12 bits per heavy atom. The molecule has 1 unspecified atom stereocenters. The van der Waals surface area contributed by atoms with E-state index in [0.717, 1.165) is 22.8 Å². The first kappa shape index (κ1) is 16.1. The predicted octanol–water partition coefficient (Wildman–Crippen LogP) is 4.49. The van der Waals surface area contributed by atoms with Crippen LogP contribution in [0.15, 0.2) is 53.1 Å². The number of carbonyl (C=O) groups excluding carboxylic acids is 1. The molecule has 3 aromatic rings. The number of aromatic nitrogens is 1. The molecule has 0 spiro atoms. The summed E-state index contributed by atoms with van der Waals surface area (Å²) in [6.45, 7) is 7.96. The van der Waals surface area contributed by atoms with Crippen LogP contribution in [0.2, 0.25) is 0 Å². The van der Waals surface area contributed by atoms with Crippen LogP contribution in [0.25, 0.3) is 5.69 Å². The van der Waals surface area contributed by atoms with Crippen LogP contribution in [-0.2, 0) is 0 Å². The van der Waals surface area contributed by atoms with E-state index in [4.69, 9.17) is 4.42 Å². The Bertz CT molecular complexity index is 843. The summed E-state index contributed by atoms with van der Waals surface area (Å²) in [5, 5.41) is 2.99. The zero-order valence-electron chi connectivity index (χ0n) is 14.5. The molecule has 1 N–H and O–H groups in total. The lowest BCUT2D eigenvalue weighted by Crippen LogP contribution is -2.26. The molecule has 4 heteroatoms. The van der Waals surface area contributed by atoms with Gasteiger partial charge in [-0.3, -0.25) is 4.79 Å². The summed E-state index contributed by atoms with van der Waals surface area (Å²) in [5.74, 6) is 0.654. The van der Waals surface area contributed by atoms with Gasteiger partial charge in [0, 0.05) is 17.1 Å². The van der Waals surface area contributed by atoms with Crippen LogP contribution >= 0.6 is 0 Å². The van der Waals surface area contributed by atoms with Crippen LogP contribution in [0.4, 0.5) is 0 Å². The maximum Gasteiger partial charge on any atom is 0.253 e. The zero-order valence-corrected chi connectivity index (χ0v) is 14.5. The number of nitrogens with zero attached hydrogens (tertiary/aromatic N) is 1. The lowest BCUT2D eigenvalue weighted by Gasteiger charge is -2.12. The second-order valence-electron chi connectivity index (χ2n) is 6.17. The molecular formula is C20H22N2O2. The molecule has 4 nitrogen and oxygen atoms in total. The van der Waals surface area contributed by atoms with Crippen LogP contribution in [0.5, 0.6) is 0 Å². The van der Waals surface area contributed by atoms with Gasteiger partial charge in [0.25, 0.3) is 5.91 Å². The van der Waals surface area contributed by atoms with Crippen LogP contribution in [0.3, 0.4) is 0 Å². The fourth-order valence-electron chi connectivity index (χ4n) is 2.97. The second-order valence-corrected chi connectivity index (χ2v) is 6.17. The van der Waals surface area contributed by atoms with Crippen molar-refractivity contribution in [2.45, 2.75) is 33.7 Å². The molecule has 0 bridgehead atoms. The largest absolute Gasteiger partial charge is 0.467 e. The third-order valence-corrected chi connectivity index (χ3v) is 4.29. The maximum atomic E-state index is 12.7. The summed E-state index contributed by atoms with van der Waals surface area (Å²) >= 11 is 0. The van der Waals surface area contributed by atoms with E-state index in [-0.39, 0.29) is 11.9 Å². The van der Waals surface area contributed by atoms with E-state index in [1.54, 1.807) is 6.26 Å². The lowest BCUT2D eigenvalue weighted by molar-refractivity contribution is 0.0935. The number of furan rings is 1. The van der Waals surface area contributed by atoms with Crippen LogP contribution in [0.1, 0.15) is 46.0 Å². The molecule has 0 saturated carbocycles. The number of hydrogen-bond acceptors (Lipinski definition) is 2. The molecule has 0 aliphatic rings. The normalized spacial score (nSPS) is 12.2. The SMILES string of the molecule is Cc1ccc(-n2c(C)cc(C(=O)NC(C)c3ccco3)c2C)cc1. The second kappa shape index (κ2) is 6.40. The van der Waals surface area contributed by atoms with Crippen molar-refractivity contribution >= 4 is 5.91 Å². The molecule has 124 valence electrons. The quantitative estimate of drug-likeness (QED) is 0.769. The average molecular weight is 322 g/mol. The Hall–Kier alpha value is -2.75. The van der Waals surface area contributed by atoms with Crippen LogP contribution in [0, 0.1) is 20.8 Å². The minimum atomic E-state index is -0.171. The van der Waals surface area contributed by atoms with E-state index in [9.17, 15) is 4.79 Å². The number of benzene rings is 1. The molecule has 1 aromatic carbocycles. The Kier molecular flexibility index (Phi) is 4.30. The monoisotopic (exact) mass is 322 g/mol. The highest BCUT2D eigenvalue weighted by Gasteiger charge is 2.19. The molecule has 0 fully saturated rings. The summed E-state index contributed by atoms with van der Waals surface area (Å²) < 4.78 is 7.45. The van der Waals surface area contributed by atoms with E-state index in [0.29, 0.717) is 5.56 Å². The molecular weight excluding hydrogens is 300 g/mol. The van der Waals surface area contributed by atoms with Gasteiger partial charge < -0.3 is 14.3 Å². The number of aryl methyl sites for hydroxylation is 2. The number of hydrogen-bond donors (Lipinski definition) is 1. The molecule has 0 saturated heterocycles. The number of carbonyl (C=O) groups is 1. The number of amides is 1. The van der Waals surface area contributed by atoms with Crippen molar-refractivity contribution in [1.29, 1.82) is 0 Å². The van der Waals surface area contributed by atoms with Gasteiger partial charge in [0.05, 0.1) is 17.9 Å². The molecule has 2 heterocycles. The molecule has 1 atom stereocenters. The van der Waals surface area contributed by atoms with E-state index in [2.05, 4.69) is 41.1 Å². The topological polar surface area (TPSA) is 47.2 Å². The summed E-state index contributed by atoms with van der Waals surface area (Å²) in [7, 11) is 0. The summed E-state index contributed by atoms with van der Waals surface area (Å²) in [6, 6.07) is 13.7. The van der Waals surface area contributed by atoms with Gasteiger partial charge >= 0.3 is 0 Å². The van der Waals surface area contributed by atoms with Crippen molar-refractivity contribution in [3.8, 4) is 5.69 Å². The Morgan fingerprint density at radius 3 is 2.46 bits per heavy atom. The van der Waals surface area contributed by atoms with E-state index in [1.165, 1.54) is 5.56 Å². The molecule has 2 aromatic heterocycles. The van der Waals surface area contributed by atoms with Gasteiger partial charge in [0.15, 0.2) is 0 Å². The van der Waals surface area contributed by atoms with Gasteiger partial charge in [-0.2, -0.15) is 0 Å². The highest BCUT2D eigenvalue weighted by molar-refractivity contribution is 5.96. The van der Waals surface area contributed by atoms with Gasteiger partial charge in [-0.25, -0.2) is 0 Å². The van der Waals surface area contributed by atoms with Gasteiger partial charge in [-0.05, 0) is 58.0 Å². The molecule has 0 aliphatic carbocycles. The van der Waals surface area contributed by atoms with Crippen molar-refractivity contribution in [3.63, 3.8) is 0 Å². The van der Waals surface area contributed by atoms with Crippen LogP contribution in [-0.4, -0.2) is 10.5 Å². The fraction of sp³-hybridized carbons (Fsp3) is 0.250. The number of nitrogens with one attached hydrogen (secondary N) is 1. The Balaban J connectivity index is 1.88. The van der Waals surface area contributed by atoms with E-state index >= 15 is 0 Å². The van der Waals surface area contributed by atoms with Crippen molar-refractivity contribution in [1.82, 2.24) is 9.88 Å². The molecule has 1 amide bonds. The minimum Gasteiger partial charge on any atom is -0.467 e. The van der Waals surface area contributed by atoms with Gasteiger partial charge in [0.1, 0.15) is 5.76 Å². The Labute approximate surface area is 142 Å². The first-order valence-corrected chi connectivity index (χ1v) is 8.07. The average Bonchev–Trinajstić information content (AvgIpc) is 3.17. The highest BCUT2D eigenvalue weighted by atomic mass is 16.3. The standard InChI is InChI=1S/C20H22N2O2/c1-13-7-9-17(10-8-13)22-14(2)12-18(16(22)4)20(23)21-15(3)19-6-5-11-24-19/h5-12,15H,1-4H3,(H,21,23). The number of rotatable bonds is 4. The lowest BCUT2D eigenvalue weighted by atomic mass is 10.2. The smallest absolute Gasteiger partial charge is 0.253 e. The summed E-state index contributed by atoms with van der Waals surface area (Å²) in [5.41, 5.74) is 4.93. The van der Waals surface area contributed by atoms with Crippen molar-refractivity contribution in [2.24, 2.45) is 0 Å². The highest BCUT2D eigenvalue weighted by Crippen LogP contribution is 2.22. The van der Waals surface area contributed by atoms with Gasteiger partial charge in [0.2, 0.25) is 0 Å². The third-order valence-electron chi connectivity index (χ3n) is 4.29. The predicted molar refractivity (Wildman–Crippen MR) is 94.6 cm³/mol. The maximum absolute atomic E-state index is 12.7. The third kappa shape index (κ3) is 3.00. The van der Waals surface area contributed by atoms with Crippen LogP contribution < -0.4 is 5.32 Å². The summed E-state index contributed by atoms with van der Waals surface area (Å²) in [4.78, 5) is 12.7. The first-order chi connectivity index (χ1) is 11.5. The van der Waals surface area contributed by atoms with Crippen molar-refractivity contribution in [2.75, 3.05) is 0 Å². The van der Waals surface area contributed by atoms with E-state index < -0.39 is 0 Å². The van der Waals surface area contributed by atoms with Gasteiger partial charge in [-0.1, -0.05) is 17.7 Å². The zero-order chi connectivity index (χ0) is 17.3. The molecule has 0 aliphatic heterocycles. The first-order valence-electron chi connectivity index (χ1n) is 8.07. The van der Waals surface area contributed by atoms with Gasteiger partial charge in [-0.15, -0.1) is 0 Å². The van der Waals surface area contributed by atoms with Crippen molar-refractivity contribution < 1.29 is 9.21 Å². The summed E-state index contributed by atoms with van der Waals surface area (Å²) in [6.07, 6.45) is 1.61. The van der Waals surface area contributed by atoms with E-state index in [1.807, 2.05) is 39.0 Å². The van der Waals surface area contributed by atoms with Crippen molar-refractivity contribution in [3.05, 3.63) is 77.0 Å².